The first kappa shape index (κ1) is 32.3. The molecule has 0 saturated carbocycles. The van der Waals surface area contributed by atoms with Gasteiger partial charge in [0.15, 0.2) is 0 Å². The van der Waals surface area contributed by atoms with E-state index < -0.39 is 47.9 Å². The minimum absolute atomic E-state index is 0.0200. The fourth-order valence-corrected chi connectivity index (χ4v) is 5.30. The number of H-pyrrole nitrogens is 2. The lowest BCUT2D eigenvalue weighted by Crippen LogP contribution is -2.58. The molecule has 44 heavy (non-hydrogen) atoms. The average molecular weight is 620 g/mol. The molecule has 4 aromatic rings. The number of hydrogen-bond donors (Lipinski definition) is 7. The van der Waals surface area contributed by atoms with Gasteiger partial charge in [0.25, 0.3) is 0 Å². The minimum atomic E-state index is -1.26. The Bertz CT molecular complexity index is 1540. The summed E-state index contributed by atoms with van der Waals surface area (Å²) in [7, 11) is 0. The zero-order valence-corrected chi connectivity index (χ0v) is 25.1. The third-order valence-electron chi connectivity index (χ3n) is 7.20. The van der Waals surface area contributed by atoms with Crippen LogP contribution in [0.25, 0.3) is 10.9 Å². The maximum absolute atomic E-state index is 13.6. The minimum Gasteiger partial charge on any atom is -0.480 e. The van der Waals surface area contributed by atoms with Crippen LogP contribution in [0.3, 0.4) is 0 Å². The van der Waals surface area contributed by atoms with Crippen molar-refractivity contribution in [1.29, 1.82) is 0 Å². The lowest BCUT2D eigenvalue weighted by atomic mass is 10.0. The van der Waals surface area contributed by atoms with E-state index in [0.717, 1.165) is 22.0 Å². The van der Waals surface area contributed by atoms with Crippen molar-refractivity contribution in [3.05, 3.63) is 90.1 Å². The van der Waals surface area contributed by atoms with Gasteiger partial charge in [0.05, 0.1) is 12.4 Å². The van der Waals surface area contributed by atoms with E-state index in [0.29, 0.717) is 17.9 Å². The molecule has 0 spiro atoms. The molecular formula is C31H37N7O5S. The molecule has 0 aliphatic rings. The second-order valence-electron chi connectivity index (χ2n) is 10.4. The monoisotopic (exact) mass is 619 g/mol. The number of thioether (sulfide) groups is 1. The Labute approximate surface area is 259 Å². The Morgan fingerprint density at radius 3 is 2.25 bits per heavy atom. The van der Waals surface area contributed by atoms with Crippen LogP contribution in [0.1, 0.15) is 23.2 Å². The quantitative estimate of drug-likeness (QED) is 0.0981. The number of carboxylic acids is 1. The molecule has 4 atom stereocenters. The van der Waals surface area contributed by atoms with E-state index in [4.69, 9.17) is 5.73 Å². The molecule has 232 valence electrons. The Morgan fingerprint density at radius 1 is 0.864 bits per heavy atom. The summed E-state index contributed by atoms with van der Waals surface area (Å²) < 4.78 is 0. The van der Waals surface area contributed by atoms with Crippen LogP contribution in [0.15, 0.2) is 73.3 Å². The molecule has 12 nitrogen and oxygen atoms in total. The van der Waals surface area contributed by atoms with Crippen LogP contribution in [0.2, 0.25) is 0 Å². The van der Waals surface area contributed by atoms with Crippen LogP contribution in [0.5, 0.6) is 0 Å². The van der Waals surface area contributed by atoms with Crippen LogP contribution in [-0.4, -0.2) is 79.9 Å². The molecule has 0 radical (unpaired) electrons. The van der Waals surface area contributed by atoms with E-state index in [1.54, 1.807) is 12.1 Å². The maximum atomic E-state index is 13.6. The number of nitrogens with one attached hydrogen (secondary N) is 5. The van der Waals surface area contributed by atoms with Gasteiger partial charge in [-0.1, -0.05) is 48.5 Å². The van der Waals surface area contributed by atoms with Gasteiger partial charge in [-0.25, -0.2) is 9.78 Å². The molecule has 0 fully saturated rings. The van der Waals surface area contributed by atoms with Crippen LogP contribution >= 0.6 is 11.8 Å². The van der Waals surface area contributed by atoms with Crippen molar-refractivity contribution in [2.75, 3.05) is 12.0 Å². The number of aromatic nitrogens is 3. The van der Waals surface area contributed by atoms with Gasteiger partial charge in [-0.3, -0.25) is 14.4 Å². The third kappa shape index (κ3) is 8.94. The third-order valence-corrected chi connectivity index (χ3v) is 7.85. The van der Waals surface area contributed by atoms with Gasteiger partial charge in [0.1, 0.15) is 18.1 Å². The largest absolute Gasteiger partial charge is 0.480 e. The Morgan fingerprint density at radius 2 is 1.55 bits per heavy atom. The average Bonchev–Trinajstić information content (AvgIpc) is 3.69. The number of rotatable bonds is 16. The number of carbonyl (C=O) groups is 4. The number of imidazole rings is 1. The molecule has 13 heteroatoms. The zero-order valence-electron chi connectivity index (χ0n) is 24.3. The number of para-hydroxylation sites is 1. The number of fused-ring (bicyclic) bond motifs is 1. The highest BCUT2D eigenvalue weighted by atomic mass is 32.2. The Hall–Kier alpha value is -4.62. The van der Waals surface area contributed by atoms with Gasteiger partial charge in [-0.15, -0.1) is 0 Å². The van der Waals surface area contributed by atoms with Gasteiger partial charge in [-0.2, -0.15) is 11.8 Å². The summed E-state index contributed by atoms with van der Waals surface area (Å²) in [5.41, 5.74) is 9.39. The highest BCUT2D eigenvalue weighted by Crippen LogP contribution is 2.19. The van der Waals surface area contributed by atoms with Crippen molar-refractivity contribution in [2.24, 2.45) is 5.73 Å². The van der Waals surface area contributed by atoms with E-state index in [9.17, 15) is 24.3 Å². The maximum Gasteiger partial charge on any atom is 0.326 e. The van der Waals surface area contributed by atoms with Crippen LogP contribution < -0.4 is 21.7 Å². The van der Waals surface area contributed by atoms with Gasteiger partial charge in [-0.05, 0) is 42.0 Å². The van der Waals surface area contributed by atoms with Crippen LogP contribution in [0.4, 0.5) is 0 Å². The molecular weight excluding hydrogens is 582 g/mol. The summed E-state index contributed by atoms with van der Waals surface area (Å²) >= 11 is 1.51. The van der Waals surface area contributed by atoms with Crippen molar-refractivity contribution in [3.63, 3.8) is 0 Å². The molecule has 4 unspecified atom stereocenters. The molecule has 4 rings (SSSR count). The van der Waals surface area contributed by atoms with Gasteiger partial charge in [0, 0.05) is 41.8 Å². The second-order valence-corrected chi connectivity index (χ2v) is 11.4. The number of nitrogens with two attached hydrogens (primary N) is 1. The summed E-state index contributed by atoms with van der Waals surface area (Å²) in [6.07, 6.45) is 7.26. The molecule has 2 heterocycles. The lowest BCUT2D eigenvalue weighted by molar-refractivity contribution is -0.142. The first-order valence-corrected chi connectivity index (χ1v) is 15.6. The number of nitrogens with zero attached hydrogens (tertiary/aromatic N) is 1. The van der Waals surface area contributed by atoms with Crippen molar-refractivity contribution >= 4 is 46.4 Å². The highest BCUT2D eigenvalue weighted by molar-refractivity contribution is 7.98. The SMILES string of the molecule is CSCCC(NC(=O)C(N)Cc1c[nH]c2ccccc12)C(=O)NC(Cc1ccccc1)C(=O)NC(Cc1cnc[nH]1)C(=O)O. The summed E-state index contributed by atoms with van der Waals surface area (Å²) in [6.45, 7) is 0. The molecule has 0 aliphatic carbocycles. The van der Waals surface area contributed by atoms with Gasteiger partial charge in [0.2, 0.25) is 17.7 Å². The number of carboxylic acid groups (broad SMARTS) is 1. The Kier molecular flexibility index (Phi) is 11.5. The molecule has 0 saturated heterocycles. The number of aliphatic carboxylic acids is 1. The fraction of sp³-hybridized carbons (Fsp3) is 0.323. The van der Waals surface area contributed by atoms with Gasteiger partial charge >= 0.3 is 5.97 Å². The van der Waals surface area contributed by atoms with Crippen molar-refractivity contribution in [2.45, 2.75) is 49.9 Å². The van der Waals surface area contributed by atoms with Crippen molar-refractivity contribution < 1.29 is 24.3 Å². The summed E-state index contributed by atoms with van der Waals surface area (Å²) in [4.78, 5) is 62.1. The fourth-order valence-electron chi connectivity index (χ4n) is 4.83. The van der Waals surface area contributed by atoms with E-state index in [1.165, 1.54) is 24.3 Å². The molecule has 2 aromatic carbocycles. The summed E-state index contributed by atoms with van der Waals surface area (Å²) in [6, 6.07) is 12.5. The zero-order chi connectivity index (χ0) is 31.5. The van der Waals surface area contributed by atoms with Gasteiger partial charge < -0.3 is 36.8 Å². The van der Waals surface area contributed by atoms with Crippen LogP contribution in [-0.2, 0) is 38.4 Å². The molecule has 8 N–H and O–H groups in total. The number of aromatic amines is 2. The molecule has 0 bridgehead atoms. The first-order chi connectivity index (χ1) is 21.2. The molecule has 0 aliphatic heterocycles. The second kappa shape index (κ2) is 15.7. The number of hydrogen-bond acceptors (Lipinski definition) is 7. The highest BCUT2D eigenvalue weighted by Gasteiger charge is 2.31. The topological polar surface area (TPSA) is 195 Å². The molecule has 3 amide bonds. The standard InChI is InChI=1S/C31H37N7O5S/c1-44-12-11-25(36-28(39)23(32)14-20-16-34-24-10-6-5-9-22(20)24)29(40)37-26(13-19-7-3-2-4-8-19)30(41)38-27(31(42)43)15-21-17-33-18-35-21/h2-10,16-18,23,25-27,34H,11-15,32H2,1H3,(H,33,35)(H,36,39)(H,37,40)(H,38,41)(H,42,43). The van der Waals surface area contributed by atoms with Crippen LogP contribution in [0, 0.1) is 0 Å². The predicted octanol–water partition coefficient (Wildman–Crippen LogP) is 1.54. The van der Waals surface area contributed by atoms with E-state index >= 15 is 0 Å². The lowest BCUT2D eigenvalue weighted by Gasteiger charge is -2.25. The van der Waals surface area contributed by atoms with E-state index in [-0.39, 0.29) is 19.3 Å². The Balaban J connectivity index is 1.47. The normalized spacial score (nSPS) is 13.9. The summed E-state index contributed by atoms with van der Waals surface area (Å²) in [5, 5.41) is 18.8. The van der Waals surface area contributed by atoms with E-state index in [1.807, 2.05) is 54.9 Å². The smallest absolute Gasteiger partial charge is 0.326 e. The number of amides is 3. The predicted molar refractivity (Wildman–Crippen MR) is 169 cm³/mol. The van der Waals surface area contributed by atoms with Crippen molar-refractivity contribution in [3.8, 4) is 0 Å². The van der Waals surface area contributed by atoms with E-state index in [2.05, 4.69) is 30.9 Å². The van der Waals surface area contributed by atoms with Crippen molar-refractivity contribution in [1.82, 2.24) is 30.9 Å². The molecule has 2 aromatic heterocycles. The number of carbonyl (C=O) groups excluding carboxylic acids is 3. The number of benzene rings is 2. The summed E-state index contributed by atoms with van der Waals surface area (Å²) in [5.74, 6) is -2.39. The first-order valence-electron chi connectivity index (χ1n) is 14.2.